The molecule has 0 saturated heterocycles. The number of ketones is 2. The SMILES string of the molecule is CC(C)[Si](C1=CN(C(=O)O[C@H]2CCCC[C@@H]2C(C)(C)c2ccccc2)[C@H]([C@@H]2CCCC2=O)CC1=O)(C(C)C)C(C)C. The van der Waals surface area contributed by atoms with Crippen LogP contribution < -0.4 is 0 Å². The molecule has 4 rings (SSSR count). The number of carbonyl (C=O) groups is 3. The van der Waals surface area contributed by atoms with Crippen molar-refractivity contribution in [2.24, 2.45) is 11.8 Å². The van der Waals surface area contributed by atoms with Crippen LogP contribution in [0.3, 0.4) is 0 Å². The maximum atomic E-state index is 14.3. The number of benzene rings is 1. The summed E-state index contributed by atoms with van der Waals surface area (Å²) in [4.78, 5) is 43.0. The van der Waals surface area contributed by atoms with Crippen molar-refractivity contribution >= 4 is 25.7 Å². The van der Waals surface area contributed by atoms with E-state index < -0.39 is 14.1 Å². The molecule has 1 aromatic carbocycles. The van der Waals surface area contributed by atoms with Crippen LogP contribution in [-0.4, -0.2) is 42.8 Å². The molecule has 2 saturated carbocycles. The fourth-order valence-corrected chi connectivity index (χ4v) is 15.9. The van der Waals surface area contributed by atoms with Gasteiger partial charge in [-0.25, -0.2) is 4.79 Å². The van der Waals surface area contributed by atoms with Crippen molar-refractivity contribution in [3.8, 4) is 0 Å². The zero-order valence-corrected chi connectivity index (χ0v) is 27.7. The third kappa shape index (κ3) is 5.87. The Morgan fingerprint density at radius 3 is 2.07 bits per heavy atom. The van der Waals surface area contributed by atoms with E-state index in [1.165, 1.54) is 5.56 Å². The molecule has 41 heavy (non-hydrogen) atoms. The van der Waals surface area contributed by atoms with Gasteiger partial charge in [0.1, 0.15) is 20.0 Å². The van der Waals surface area contributed by atoms with E-state index in [4.69, 9.17) is 4.74 Å². The van der Waals surface area contributed by atoms with Crippen molar-refractivity contribution in [1.29, 1.82) is 0 Å². The lowest BCUT2D eigenvalue weighted by atomic mass is 9.66. The molecule has 1 aliphatic heterocycles. The summed E-state index contributed by atoms with van der Waals surface area (Å²) in [6.45, 7) is 18.0. The second-order valence-electron chi connectivity index (χ2n) is 14.4. The van der Waals surface area contributed by atoms with Crippen molar-refractivity contribution in [2.75, 3.05) is 0 Å². The van der Waals surface area contributed by atoms with Gasteiger partial charge in [0.2, 0.25) is 0 Å². The van der Waals surface area contributed by atoms with E-state index in [-0.39, 0.29) is 47.4 Å². The van der Waals surface area contributed by atoms with Crippen molar-refractivity contribution in [3.05, 3.63) is 47.3 Å². The smallest absolute Gasteiger partial charge is 0.414 e. The van der Waals surface area contributed by atoms with E-state index in [1.807, 2.05) is 12.3 Å². The van der Waals surface area contributed by atoms with E-state index in [9.17, 15) is 14.4 Å². The average Bonchev–Trinajstić information content (AvgIpc) is 3.35. The van der Waals surface area contributed by atoms with E-state index in [0.29, 0.717) is 23.0 Å². The maximum Gasteiger partial charge on any atom is 0.414 e. The Labute approximate surface area is 249 Å². The van der Waals surface area contributed by atoms with E-state index in [1.54, 1.807) is 4.90 Å². The first kappa shape index (κ1) is 31.7. The molecule has 3 aliphatic rings. The lowest BCUT2D eigenvalue weighted by Crippen LogP contribution is -2.55. The fraction of sp³-hybridized carbons (Fsp3) is 0.686. The summed E-state index contributed by atoms with van der Waals surface area (Å²) in [6.07, 6.45) is 7.63. The van der Waals surface area contributed by atoms with Gasteiger partial charge >= 0.3 is 6.09 Å². The molecule has 1 amide bonds. The first-order valence-electron chi connectivity index (χ1n) is 16.2. The maximum absolute atomic E-state index is 14.3. The molecule has 1 aromatic rings. The van der Waals surface area contributed by atoms with E-state index >= 15 is 0 Å². The fourth-order valence-electron chi connectivity index (χ4n) is 9.10. The molecule has 4 atom stereocenters. The monoisotopic (exact) mass is 579 g/mol. The summed E-state index contributed by atoms with van der Waals surface area (Å²) >= 11 is 0. The highest BCUT2D eigenvalue weighted by Gasteiger charge is 2.52. The Hall–Kier alpha value is -2.21. The summed E-state index contributed by atoms with van der Waals surface area (Å²) in [7, 11) is -2.33. The van der Waals surface area contributed by atoms with Crippen molar-refractivity contribution in [3.63, 3.8) is 0 Å². The molecule has 0 aromatic heterocycles. The quantitative estimate of drug-likeness (QED) is 0.289. The zero-order valence-electron chi connectivity index (χ0n) is 26.7. The van der Waals surface area contributed by atoms with E-state index in [2.05, 4.69) is 79.7 Å². The van der Waals surface area contributed by atoms with Crippen LogP contribution in [0.25, 0.3) is 0 Å². The molecule has 1 heterocycles. The number of hydrogen-bond donors (Lipinski definition) is 0. The van der Waals surface area contributed by atoms with Gasteiger partial charge in [0.05, 0.1) is 6.04 Å². The Bertz CT molecular complexity index is 1120. The van der Waals surface area contributed by atoms with Crippen LogP contribution in [0.1, 0.15) is 112 Å². The number of amides is 1. The van der Waals surface area contributed by atoms with Crippen LogP contribution in [0.2, 0.25) is 16.6 Å². The summed E-state index contributed by atoms with van der Waals surface area (Å²) in [5, 5.41) is 0.862. The van der Waals surface area contributed by atoms with Gasteiger partial charge in [0.15, 0.2) is 5.78 Å². The Kier molecular flexibility index (Phi) is 9.72. The van der Waals surface area contributed by atoms with Crippen LogP contribution in [0.5, 0.6) is 0 Å². The Morgan fingerprint density at radius 2 is 1.51 bits per heavy atom. The molecule has 0 bridgehead atoms. The number of nitrogens with zero attached hydrogens (tertiary/aromatic N) is 1. The van der Waals surface area contributed by atoms with Gasteiger partial charge in [-0.05, 0) is 64.9 Å². The average molecular weight is 580 g/mol. The molecule has 5 nitrogen and oxygen atoms in total. The summed E-state index contributed by atoms with van der Waals surface area (Å²) in [5.74, 6) is 0.223. The predicted octanol–water partition coefficient (Wildman–Crippen LogP) is 8.77. The number of Topliss-reactive ketones (excluding diaryl/α,β-unsaturated/α-hetero) is 2. The summed E-state index contributed by atoms with van der Waals surface area (Å²) in [5.41, 5.74) is 2.13. The van der Waals surface area contributed by atoms with Crippen LogP contribution in [0, 0.1) is 11.8 Å². The molecule has 2 fully saturated rings. The first-order valence-corrected chi connectivity index (χ1v) is 18.4. The van der Waals surface area contributed by atoms with E-state index in [0.717, 1.165) is 43.7 Å². The second kappa shape index (κ2) is 12.6. The molecule has 226 valence electrons. The van der Waals surface area contributed by atoms with Gasteiger partial charge in [0, 0.05) is 30.9 Å². The van der Waals surface area contributed by atoms with Gasteiger partial charge in [-0.3, -0.25) is 14.5 Å². The molecule has 0 unspecified atom stereocenters. The predicted molar refractivity (Wildman–Crippen MR) is 168 cm³/mol. The number of ether oxygens (including phenoxy) is 1. The van der Waals surface area contributed by atoms with Gasteiger partial charge in [-0.1, -0.05) is 92.1 Å². The number of carbonyl (C=O) groups excluding carboxylic acids is 3. The van der Waals surface area contributed by atoms with Crippen LogP contribution in [0.15, 0.2) is 41.7 Å². The van der Waals surface area contributed by atoms with Crippen molar-refractivity contribution < 1.29 is 19.1 Å². The van der Waals surface area contributed by atoms with Gasteiger partial charge in [-0.2, -0.15) is 0 Å². The number of hydrogen-bond acceptors (Lipinski definition) is 4. The van der Waals surface area contributed by atoms with Gasteiger partial charge in [0.25, 0.3) is 0 Å². The molecule has 0 spiro atoms. The lowest BCUT2D eigenvalue weighted by Gasteiger charge is -2.48. The van der Waals surface area contributed by atoms with Crippen LogP contribution in [0.4, 0.5) is 4.79 Å². The van der Waals surface area contributed by atoms with Gasteiger partial charge in [-0.15, -0.1) is 0 Å². The molecule has 0 radical (unpaired) electrons. The topological polar surface area (TPSA) is 63.7 Å². The third-order valence-corrected chi connectivity index (χ3v) is 18.2. The zero-order chi connectivity index (χ0) is 30.1. The minimum absolute atomic E-state index is 0.141. The van der Waals surface area contributed by atoms with Crippen LogP contribution in [-0.2, 0) is 19.7 Å². The third-order valence-electron chi connectivity index (χ3n) is 11.1. The number of rotatable bonds is 8. The minimum Gasteiger partial charge on any atom is -0.446 e. The highest BCUT2D eigenvalue weighted by molar-refractivity contribution is 6.93. The lowest BCUT2D eigenvalue weighted by molar-refractivity contribution is -0.123. The minimum atomic E-state index is -2.33. The Morgan fingerprint density at radius 1 is 0.902 bits per heavy atom. The van der Waals surface area contributed by atoms with Crippen LogP contribution >= 0.6 is 0 Å². The highest BCUT2D eigenvalue weighted by Crippen LogP contribution is 2.49. The van der Waals surface area contributed by atoms with Gasteiger partial charge < -0.3 is 4.74 Å². The second-order valence-corrected chi connectivity index (χ2v) is 20.3. The number of allylic oxidation sites excluding steroid dienone is 1. The normalized spacial score (nSPS) is 26.2. The molecule has 0 N–H and O–H groups in total. The first-order chi connectivity index (χ1) is 19.3. The molecule has 6 heteroatoms. The molecular weight excluding hydrogens is 526 g/mol. The van der Waals surface area contributed by atoms with Crippen molar-refractivity contribution in [2.45, 2.75) is 141 Å². The standard InChI is InChI=1S/C35H53NO4Si/c1-23(2)41(24(3)4,25(5)6)33-22-36(29(21-31(33)38)27-17-14-19-30(27)37)34(39)40-32-20-13-12-18-28(32)35(7,8)26-15-10-9-11-16-26/h9-11,15-16,22-25,27-29,32H,12-14,17-21H2,1-8H3/t27-,28-,29-,32-/m0/s1. The summed E-state index contributed by atoms with van der Waals surface area (Å²) in [6, 6.07) is 10.1. The highest BCUT2D eigenvalue weighted by atomic mass is 28.3. The van der Waals surface area contributed by atoms with Crippen molar-refractivity contribution in [1.82, 2.24) is 4.90 Å². The largest absolute Gasteiger partial charge is 0.446 e. The summed E-state index contributed by atoms with van der Waals surface area (Å²) < 4.78 is 6.49. The molecule has 2 aliphatic carbocycles. The Balaban J connectivity index is 1.73. The molecular formula is C35H53NO4Si.